The van der Waals surface area contributed by atoms with Gasteiger partial charge in [-0.1, -0.05) is 43.7 Å². The Morgan fingerprint density at radius 3 is 2.62 bits per heavy atom. The molecule has 29 heavy (non-hydrogen) atoms. The highest BCUT2D eigenvalue weighted by molar-refractivity contribution is 5.92. The molecule has 1 unspecified atom stereocenters. The lowest BCUT2D eigenvalue weighted by atomic mass is 9.83. The number of ether oxygens (including phenoxy) is 2. The minimum Gasteiger partial charge on any atom is -0.462 e. The van der Waals surface area contributed by atoms with E-state index in [1.807, 2.05) is 37.3 Å². The van der Waals surface area contributed by atoms with Crippen LogP contribution in [-0.2, 0) is 22.5 Å². The van der Waals surface area contributed by atoms with Gasteiger partial charge in [0.05, 0.1) is 24.7 Å². The SMILES string of the molecule is CCCc1cc2c(c(=O)n1CCO)C(c1ccccc1)C(C(=O)OCC)=C(N)O2. The molecule has 154 valence electrons. The number of esters is 1. The van der Waals surface area contributed by atoms with Gasteiger partial charge in [-0.2, -0.15) is 0 Å². The summed E-state index contributed by atoms with van der Waals surface area (Å²) in [5.74, 6) is -1.05. The van der Waals surface area contributed by atoms with Crippen LogP contribution in [0.5, 0.6) is 5.75 Å². The van der Waals surface area contributed by atoms with Crippen LogP contribution in [0, 0.1) is 0 Å². The summed E-state index contributed by atoms with van der Waals surface area (Å²) in [6.07, 6.45) is 1.47. The first-order chi connectivity index (χ1) is 14.0. The molecule has 3 N–H and O–H groups in total. The molecule has 7 nitrogen and oxygen atoms in total. The number of pyridine rings is 1. The van der Waals surface area contributed by atoms with Crippen molar-refractivity contribution in [1.82, 2.24) is 4.57 Å². The summed E-state index contributed by atoms with van der Waals surface area (Å²) in [5.41, 5.74) is 7.75. The topological polar surface area (TPSA) is 104 Å². The van der Waals surface area contributed by atoms with Crippen LogP contribution in [-0.4, -0.2) is 28.9 Å². The molecule has 2 heterocycles. The van der Waals surface area contributed by atoms with Gasteiger partial charge >= 0.3 is 5.97 Å². The number of nitrogens with zero attached hydrogens (tertiary/aromatic N) is 1. The first-order valence-corrected chi connectivity index (χ1v) is 9.80. The van der Waals surface area contributed by atoms with Crippen molar-refractivity contribution >= 4 is 5.97 Å². The maximum Gasteiger partial charge on any atom is 0.340 e. The molecule has 0 fully saturated rings. The molecule has 3 rings (SSSR count). The zero-order valence-electron chi connectivity index (χ0n) is 16.7. The van der Waals surface area contributed by atoms with Gasteiger partial charge in [0.25, 0.3) is 5.56 Å². The lowest BCUT2D eigenvalue weighted by molar-refractivity contribution is -0.139. The molecular weight excluding hydrogens is 372 g/mol. The molecule has 0 saturated carbocycles. The minimum absolute atomic E-state index is 0.0634. The van der Waals surface area contributed by atoms with Gasteiger partial charge in [-0.15, -0.1) is 0 Å². The molecule has 0 amide bonds. The van der Waals surface area contributed by atoms with E-state index in [1.54, 1.807) is 17.6 Å². The quantitative estimate of drug-likeness (QED) is 0.692. The van der Waals surface area contributed by atoms with Gasteiger partial charge in [0.2, 0.25) is 5.88 Å². The van der Waals surface area contributed by atoms with Gasteiger partial charge in [-0.3, -0.25) is 4.79 Å². The molecule has 1 aromatic carbocycles. The summed E-state index contributed by atoms with van der Waals surface area (Å²) in [4.78, 5) is 26.2. The smallest absolute Gasteiger partial charge is 0.340 e. The zero-order chi connectivity index (χ0) is 21.0. The van der Waals surface area contributed by atoms with Crippen LogP contribution in [0.25, 0.3) is 0 Å². The Morgan fingerprint density at radius 1 is 1.28 bits per heavy atom. The summed E-state index contributed by atoms with van der Waals surface area (Å²) in [6, 6.07) is 11.0. The first kappa shape index (κ1) is 20.7. The van der Waals surface area contributed by atoms with E-state index in [0.29, 0.717) is 17.7 Å². The number of hydrogen-bond donors (Lipinski definition) is 2. The fourth-order valence-corrected chi connectivity index (χ4v) is 3.71. The van der Waals surface area contributed by atoms with Gasteiger partial charge in [-0.25, -0.2) is 4.79 Å². The van der Waals surface area contributed by atoms with Crippen molar-refractivity contribution in [3.8, 4) is 5.75 Å². The van der Waals surface area contributed by atoms with Crippen molar-refractivity contribution in [2.24, 2.45) is 5.73 Å². The predicted molar refractivity (Wildman–Crippen MR) is 109 cm³/mol. The summed E-state index contributed by atoms with van der Waals surface area (Å²) in [5, 5.41) is 9.48. The third kappa shape index (κ3) is 3.91. The van der Waals surface area contributed by atoms with E-state index in [0.717, 1.165) is 17.7 Å². The van der Waals surface area contributed by atoms with E-state index in [-0.39, 0.29) is 36.8 Å². The Kier molecular flexibility index (Phi) is 6.39. The summed E-state index contributed by atoms with van der Waals surface area (Å²) in [7, 11) is 0. The minimum atomic E-state index is -0.716. The Balaban J connectivity index is 2.29. The number of rotatable bonds is 7. The fourth-order valence-electron chi connectivity index (χ4n) is 3.71. The number of hydrogen-bond acceptors (Lipinski definition) is 6. The number of benzene rings is 1. The van der Waals surface area contributed by atoms with Crippen LogP contribution < -0.4 is 16.0 Å². The molecule has 1 aliphatic heterocycles. The van der Waals surface area contributed by atoms with Crippen molar-refractivity contribution in [2.45, 2.75) is 39.2 Å². The maximum absolute atomic E-state index is 13.5. The number of aliphatic hydroxyl groups is 1. The number of aryl methyl sites for hydroxylation is 1. The standard InChI is InChI=1S/C22H26N2O5/c1-3-8-15-13-16-18(21(26)24(15)11-12-25)17(14-9-6-5-7-10-14)19(20(23)29-16)22(27)28-4-2/h5-7,9-10,13,17,25H,3-4,8,11-12,23H2,1-2H3. The molecule has 0 radical (unpaired) electrons. The van der Waals surface area contributed by atoms with E-state index in [1.165, 1.54) is 0 Å². The van der Waals surface area contributed by atoms with E-state index in [9.17, 15) is 14.7 Å². The largest absolute Gasteiger partial charge is 0.462 e. The summed E-state index contributed by atoms with van der Waals surface area (Å²) in [6.45, 7) is 3.88. The van der Waals surface area contributed by atoms with Crippen LogP contribution in [0.15, 0.2) is 52.6 Å². The number of aromatic nitrogens is 1. The second-order valence-electron chi connectivity index (χ2n) is 6.79. The lowest BCUT2D eigenvalue weighted by Crippen LogP contribution is -2.36. The second-order valence-corrected chi connectivity index (χ2v) is 6.79. The number of carbonyl (C=O) groups excluding carboxylic acids is 1. The molecule has 1 atom stereocenters. The first-order valence-electron chi connectivity index (χ1n) is 9.80. The molecule has 0 aliphatic carbocycles. The van der Waals surface area contributed by atoms with Crippen molar-refractivity contribution in [1.29, 1.82) is 0 Å². The Morgan fingerprint density at radius 2 is 2.00 bits per heavy atom. The summed E-state index contributed by atoms with van der Waals surface area (Å²) >= 11 is 0. The Hall–Kier alpha value is -3.06. The van der Waals surface area contributed by atoms with Crippen LogP contribution in [0.3, 0.4) is 0 Å². The highest BCUT2D eigenvalue weighted by Crippen LogP contribution is 2.41. The monoisotopic (exact) mass is 398 g/mol. The van der Waals surface area contributed by atoms with Crippen LogP contribution in [0.4, 0.5) is 0 Å². The van der Waals surface area contributed by atoms with E-state index in [2.05, 4.69) is 0 Å². The van der Waals surface area contributed by atoms with E-state index < -0.39 is 11.9 Å². The number of carbonyl (C=O) groups is 1. The fraction of sp³-hybridized carbons (Fsp3) is 0.364. The van der Waals surface area contributed by atoms with Crippen molar-refractivity contribution in [3.05, 3.63) is 75.0 Å². The zero-order valence-corrected chi connectivity index (χ0v) is 16.7. The van der Waals surface area contributed by atoms with Crippen molar-refractivity contribution < 1.29 is 19.4 Å². The van der Waals surface area contributed by atoms with Crippen LogP contribution in [0.2, 0.25) is 0 Å². The van der Waals surface area contributed by atoms with Crippen molar-refractivity contribution in [2.75, 3.05) is 13.2 Å². The molecule has 1 aromatic heterocycles. The average molecular weight is 398 g/mol. The number of fused-ring (bicyclic) bond motifs is 1. The molecule has 7 heteroatoms. The predicted octanol–water partition coefficient (Wildman–Crippen LogP) is 2.05. The van der Waals surface area contributed by atoms with Crippen LogP contribution in [0.1, 0.15) is 43.0 Å². The summed E-state index contributed by atoms with van der Waals surface area (Å²) < 4.78 is 12.5. The molecule has 0 saturated heterocycles. The Labute approximate surface area is 169 Å². The third-order valence-electron chi connectivity index (χ3n) is 4.91. The van der Waals surface area contributed by atoms with Gasteiger partial charge < -0.3 is 24.9 Å². The molecule has 0 spiro atoms. The molecule has 1 aliphatic rings. The molecular formula is C22H26N2O5. The highest BCUT2D eigenvalue weighted by Gasteiger charge is 2.38. The molecule has 0 bridgehead atoms. The average Bonchev–Trinajstić information content (AvgIpc) is 2.71. The van der Waals surface area contributed by atoms with Gasteiger partial charge in [-0.05, 0) is 18.9 Å². The number of nitrogens with two attached hydrogens (primary N) is 1. The maximum atomic E-state index is 13.5. The van der Waals surface area contributed by atoms with E-state index >= 15 is 0 Å². The number of aliphatic hydroxyl groups excluding tert-OH is 1. The lowest BCUT2D eigenvalue weighted by Gasteiger charge is -2.29. The normalized spacial score (nSPS) is 15.6. The van der Waals surface area contributed by atoms with Gasteiger partial charge in [0.1, 0.15) is 11.3 Å². The van der Waals surface area contributed by atoms with E-state index in [4.69, 9.17) is 15.2 Å². The van der Waals surface area contributed by atoms with Gasteiger partial charge in [0.15, 0.2) is 0 Å². The third-order valence-corrected chi connectivity index (χ3v) is 4.91. The Bertz CT molecular complexity index is 979. The van der Waals surface area contributed by atoms with Crippen molar-refractivity contribution in [3.63, 3.8) is 0 Å². The van der Waals surface area contributed by atoms with Gasteiger partial charge in [0, 0.05) is 18.3 Å². The molecule has 2 aromatic rings. The second kappa shape index (κ2) is 8.96. The highest BCUT2D eigenvalue weighted by atomic mass is 16.5. The van der Waals surface area contributed by atoms with Crippen LogP contribution >= 0.6 is 0 Å².